The smallest absolute Gasteiger partial charge is 0.227 e. The number of aromatic amines is 2. The fraction of sp³-hybridized carbons (Fsp3) is 0.120. The molecule has 0 aliphatic heterocycles. The normalized spacial score (nSPS) is 13.5. The van der Waals surface area contributed by atoms with Crippen LogP contribution in [0.15, 0.2) is 66.1 Å². The number of imidazole rings is 1. The van der Waals surface area contributed by atoms with Crippen molar-refractivity contribution in [3.63, 3.8) is 0 Å². The topological polar surface area (TPSA) is 138 Å². The van der Waals surface area contributed by atoms with E-state index >= 15 is 0 Å². The van der Waals surface area contributed by atoms with Crippen molar-refractivity contribution in [3.05, 3.63) is 61.7 Å². The summed E-state index contributed by atoms with van der Waals surface area (Å²) in [7, 11) is 0. The van der Waals surface area contributed by atoms with Gasteiger partial charge in [-0.15, -0.1) is 0 Å². The molecule has 0 unspecified atom stereocenters. The molecule has 35 heavy (non-hydrogen) atoms. The van der Waals surface area contributed by atoms with Gasteiger partial charge >= 0.3 is 0 Å². The number of nitrogens with zero attached hydrogens (tertiary/aromatic N) is 5. The fourth-order valence-electron chi connectivity index (χ4n) is 4.17. The Balaban J connectivity index is 1.29. The van der Waals surface area contributed by atoms with Gasteiger partial charge in [-0.05, 0) is 31.0 Å². The van der Waals surface area contributed by atoms with Crippen molar-refractivity contribution in [3.8, 4) is 33.9 Å². The van der Waals surface area contributed by atoms with Crippen molar-refractivity contribution >= 4 is 33.5 Å². The first-order valence-corrected chi connectivity index (χ1v) is 11.2. The Morgan fingerprint density at radius 3 is 2.80 bits per heavy atom. The number of nitrogens with one attached hydrogen (secondary N) is 3. The Labute approximate surface area is 197 Å². The van der Waals surface area contributed by atoms with Crippen LogP contribution in [0.5, 0.6) is 0 Å². The second kappa shape index (κ2) is 7.59. The molecule has 0 spiro atoms. The molecule has 0 bridgehead atoms. The SMILES string of the molecule is O=C(Nc1cncc(-c2cc3c(-c4nc5c(-c6ccoc6)cncc5[nH]4)n[nH]c3cn2)c1)C1CC1. The minimum atomic E-state index is 0.0404. The molecule has 1 amide bonds. The van der Waals surface area contributed by atoms with E-state index in [1.807, 2.05) is 18.2 Å². The number of carbonyl (C=O) groups excluding carboxylic acids is 1. The first-order valence-electron chi connectivity index (χ1n) is 11.2. The molecule has 6 aromatic rings. The molecule has 1 fully saturated rings. The van der Waals surface area contributed by atoms with Gasteiger partial charge in [0, 0.05) is 40.4 Å². The van der Waals surface area contributed by atoms with Gasteiger partial charge in [-0.1, -0.05) is 0 Å². The third-order valence-electron chi connectivity index (χ3n) is 6.15. The number of amides is 1. The number of carbonyl (C=O) groups is 1. The molecule has 0 radical (unpaired) electrons. The van der Waals surface area contributed by atoms with Gasteiger partial charge in [0.1, 0.15) is 11.2 Å². The van der Waals surface area contributed by atoms with Gasteiger partial charge < -0.3 is 14.7 Å². The zero-order chi connectivity index (χ0) is 23.4. The van der Waals surface area contributed by atoms with Crippen molar-refractivity contribution in [2.24, 2.45) is 5.92 Å². The monoisotopic (exact) mass is 462 g/mol. The van der Waals surface area contributed by atoms with E-state index in [1.54, 1.807) is 43.5 Å². The van der Waals surface area contributed by atoms with Crippen molar-refractivity contribution in [1.82, 2.24) is 35.1 Å². The lowest BCUT2D eigenvalue weighted by Gasteiger charge is -2.06. The second-order valence-electron chi connectivity index (χ2n) is 8.59. The number of fused-ring (bicyclic) bond motifs is 2. The molecule has 6 heterocycles. The number of pyridine rings is 3. The van der Waals surface area contributed by atoms with E-state index in [1.165, 1.54) is 0 Å². The quantitative estimate of drug-likeness (QED) is 0.341. The summed E-state index contributed by atoms with van der Waals surface area (Å²) in [5.41, 5.74) is 6.98. The molecule has 1 saturated carbocycles. The average Bonchev–Trinajstić information content (AvgIpc) is 3.26. The summed E-state index contributed by atoms with van der Waals surface area (Å²) < 4.78 is 5.24. The Bertz CT molecular complexity index is 1710. The van der Waals surface area contributed by atoms with E-state index in [2.05, 4.69) is 35.5 Å². The summed E-state index contributed by atoms with van der Waals surface area (Å²) >= 11 is 0. The summed E-state index contributed by atoms with van der Waals surface area (Å²) in [5, 5.41) is 11.3. The number of H-pyrrole nitrogens is 2. The van der Waals surface area contributed by atoms with E-state index < -0.39 is 0 Å². The highest BCUT2D eigenvalue weighted by Crippen LogP contribution is 2.33. The largest absolute Gasteiger partial charge is 0.472 e. The molecule has 7 rings (SSSR count). The summed E-state index contributed by atoms with van der Waals surface area (Å²) in [4.78, 5) is 33.5. The van der Waals surface area contributed by atoms with E-state index in [0.717, 1.165) is 51.5 Å². The van der Waals surface area contributed by atoms with Crippen LogP contribution in [0.2, 0.25) is 0 Å². The minimum Gasteiger partial charge on any atom is -0.472 e. The Hall–Kier alpha value is -4.86. The molecule has 0 atom stereocenters. The lowest BCUT2D eigenvalue weighted by atomic mass is 10.1. The minimum absolute atomic E-state index is 0.0404. The van der Waals surface area contributed by atoms with Crippen LogP contribution in [0, 0.1) is 5.92 Å². The van der Waals surface area contributed by atoms with Crippen molar-refractivity contribution < 1.29 is 9.21 Å². The van der Waals surface area contributed by atoms with Gasteiger partial charge in [-0.25, -0.2) is 4.98 Å². The first-order chi connectivity index (χ1) is 17.2. The number of furan rings is 1. The molecule has 10 heteroatoms. The summed E-state index contributed by atoms with van der Waals surface area (Å²) in [5.74, 6) is 0.776. The number of hydrogen-bond acceptors (Lipinski definition) is 7. The molecule has 170 valence electrons. The maximum absolute atomic E-state index is 12.2. The lowest BCUT2D eigenvalue weighted by Crippen LogP contribution is -2.13. The molecule has 3 N–H and O–H groups in total. The molecule has 1 aliphatic carbocycles. The van der Waals surface area contributed by atoms with E-state index in [0.29, 0.717) is 22.9 Å². The number of aromatic nitrogens is 7. The lowest BCUT2D eigenvalue weighted by molar-refractivity contribution is -0.117. The predicted molar refractivity (Wildman–Crippen MR) is 129 cm³/mol. The molecular formula is C25H18N8O2. The maximum atomic E-state index is 12.2. The first kappa shape index (κ1) is 19.6. The van der Waals surface area contributed by atoms with Gasteiger partial charge in [0.2, 0.25) is 5.91 Å². The van der Waals surface area contributed by atoms with Crippen LogP contribution < -0.4 is 5.32 Å². The molecule has 6 aromatic heterocycles. The maximum Gasteiger partial charge on any atom is 0.227 e. The standard InChI is InChI=1S/C25H18N8O2/c34-25(13-1-2-13)29-16-5-15(7-26-8-16)19-6-17-20(11-28-19)32-33-23(17)24-30-21-10-27-9-18(22(21)31-24)14-3-4-35-12-14/h3-13H,1-2H2,(H,29,34)(H,30,31)(H,32,33). The van der Waals surface area contributed by atoms with Crippen molar-refractivity contribution in [1.29, 1.82) is 0 Å². The van der Waals surface area contributed by atoms with Gasteiger partial charge in [0.05, 0.1) is 53.5 Å². The molecule has 10 nitrogen and oxygen atoms in total. The number of anilines is 1. The fourth-order valence-corrected chi connectivity index (χ4v) is 4.17. The molecular weight excluding hydrogens is 444 g/mol. The highest BCUT2D eigenvalue weighted by Gasteiger charge is 2.29. The highest BCUT2D eigenvalue weighted by molar-refractivity contribution is 5.98. The summed E-state index contributed by atoms with van der Waals surface area (Å²) in [6.07, 6.45) is 13.8. The third kappa shape index (κ3) is 3.43. The van der Waals surface area contributed by atoms with Gasteiger partial charge in [-0.3, -0.25) is 24.8 Å². The Morgan fingerprint density at radius 1 is 1.03 bits per heavy atom. The van der Waals surface area contributed by atoms with E-state index in [-0.39, 0.29) is 11.8 Å². The Morgan fingerprint density at radius 2 is 1.94 bits per heavy atom. The highest BCUT2D eigenvalue weighted by atomic mass is 16.3. The van der Waals surface area contributed by atoms with E-state index in [9.17, 15) is 4.79 Å². The number of hydrogen-bond donors (Lipinski definition) is 3. The number of rotatable bonds is 5. The van der Waals surface area contributed by atoms with Crippen LogP contribution in [-0.2, 0) is 4.79 Å². The zero-order valence-electron chi connectivity index (χ0n) is 18.3. The molecule has 1 aliphatic rings. The van der Waals surface area contributed by atoms with Gasteiger partial charge in [-0.2, -0.15) is 5.10 Å². The van der Waals surface area contributed by atoms with Crippen molar-refractivity contribution in [2.75, 3.05) is 5.32 Å². The second-order valence-corrected chi connectivity index (χ2v) is 8.59. The zero-order valence-corrected chi connectivity index (χ0v) is 18.3. The van der Waals surface area contributed by atoms with Crippen molar-refractivity contribution in [2.45, 2.75) is 12.8 Å². The average molecular weight is 462 g/mol. The van der Waals surface area contributed by atoms with Gasteiger partial charge in [0.15, 0.2) is 5.82 Å². The van der Waals surface area contributed by atoms with Crippen LogP contribution in [0.25, 0.3) is 55.8 Å². The van der Waals surface area contributed by atoms with E-state index in [4.69, 9.17) is 9.40 Å². The van der Waals surface area contributed by atoms with Crippen LogP contribution >= 0.6 is 0 Å². The van der Waals surface area contributed by atoms with Crippen LogP contribution in [-0.4, -0.2) is 41.0 Å². The predicted octanol–water partition coefficient (Wildman–Crippen LogP) is 4.57. The van der Waals surface area contributed by atoms with Crippen LogP contribution in [0.1, 0.15) is 12.8 Å². The summed E-state index contributed by atoms with van der Waals surface area (Å²) in [6, 6.07) is 5.70. The molecule has 0 aromatic carbocycles. The van der Waals surface area contributed by atoms with Crippen LogP contribution in [0.4, 0.5) is 5.69 Å². The summed E-state index contributed by atoms with van der Waals surface area (Å²) in [6.45, 7) is 0. The third-order valence-corrected chi connectivity index (χ3v) is 6.15. The Kier molecular flexibility index (Phi) is 4.25. The van der Waals surface area contributed by atoms with Crippen LogP contribution in [0.3, 0.4) is 0 Å². The molecule has 0 saturated heterocycles. The van der Waals surface area contributed by atoms with Gasteiger partial charge in [0.25, 0.3) is 0 Å².